The van der Waals surface area contributed by atoms with Gasteiger partial charge in [0.05, 0.1) is 25.8 Å². The number of ether oxygens (including phenoxy) is 2. The molecule has 0 spiro atoms. The number of benzene rings is 3. The summed E-state index contributed by atoms with van der Waals surface area (Å²) >= 11 is 0. The number of rotatable bonds is 4. The third-order valence-electron chi connectivity index (χ3n) is 6.32. The van der Waals surface area contributed by atoms with Crippen LogP contribution >= 0.6 is 0 Å². The molecule has 2 heterocycles. The van der Waals surface area contributed by atoms with Gasteiger partial charge in [0, 0.05) is 34.6 Å². The normalized spacial score (nSPS) is 18.2. The lowest BCUT2D eigenvalue weighted by Gasteiger charge is -2.32. The molecule has 0 fully saturated rings. The van der Waals surface area contributed by atoms with Crippen LogP contribution in [0.3, 0.4) is 0 Å². The van der Waals surface area contributed by atoms with Crippen LogP contribution in [0.15, 0.2) is 66.7 Å². The molecule has 4 nitrogen and oxygen atoms in total. The average molecular weight is 452 g/mol. The highest BCUT2D eigenvalue weighted by atomic mass is 19.4. The van der Waals surface area contributed by atoms with Crippen molar-refractivity contribution in [2.24, 2.45) is 0 Å². The van der Waals surface area contributed by atoms with Crippen molar-refractivity contribution in [2.75, 3.05) is 20.8 Å². The van der Waals surface area contributed by atoms with E-state index in [1.54, 1.807) is 26.4 Å². The molecule has 0 bridgehead atoms. The van der Waals surface area contributed by atoms with Gasteiger partial charge >= 0.3 is 6.18 Å². The molecule has 1 aliphatic heterocycles. The summed E-state index contributed by atoms with van der Waals surface area (Å²) in [4.78, 5) is 3.52. The van der Waals surface area contributed by atoms with Crippen LogP contribution in [0.5, 0.6) is 11.5 Å². The lowest BCUT2D eigenvalue weighted by molar-refractivity contribution is -0.137. The Bertz CT molecular complexity index is 1300. The smallest absolute Gasteiger partial charge is 0.416 e. The van der Waals surface area contributed by atoms with E-state index in [4.69, 9.17) is 9.47 Å². The van der Waals surface area contributed by atoms with E-state index >= 15 is 0 Å². The van der Waals surface area contributed by atoms with Crippen LogP contribution in [0.2, 0.25) is 0 Å². The Morgan fingerprint density at radius 1 is 0.879 bits per heavy atom. The quantitative estimate of drug-likeness (QED) is 0.398. The standard InChI is InChI=1S/C26H23F3N2O2/c1-32-21-9-5-7-17(25(21)33-2)19-14-30-23(15-10-12-16(13-11-15)26(27,28)29)24-22(19)18-6-3-4-8-20(18)31-24/h3-13,19,23,30-31H,14H2,1-2H3. The van der Waals surface area contributed by atoms with Crippen LogP contribution in [-0.2, 0) is 6.18 Å². The van der Waals surface area contributed by atoms with Gasteiger partial charge in [-0.3, -0.25) is 0 Å². The second kappa shape index (κ2) is 8.15. The minimum Gasteiger partial charge on any atom is -0.493 e. The summed E-state index contributed by atoms with van der Waals surface area (Å²) in [5, 5.41) is 4.62. The average Bonchev–Trinajstić information content (AvgIpc) is 3.22. The van der Waals surface area contributed by atoms with Crippen LogP contribution in [0.1, 0.15) is 39.9 Å². The maximum atomic E-state index is 13.1. The third kappa shape index (κ3) is 3.62. The molecule has 1 aliphatic rings. The molecule has 2 atom stereocenters. The van der Waals surface area contributed by atoms with Gasteiger partial charge in [-0.1, -0.05) is 42.5 Å². The zero-order valence-electron chi connectivity index (χ0n) is 18.2. The molecule has 0 saturated carbocycles. The molecule has 2 N–H and O–H groups in total. The lowest BCUT2D eigenvalue weighted by atomic mass is 9.82. The predicted octanol–water partition coefficient (Wildman–Crippen LogP) is 6.03. The molecule has 4 aromatic rings. The molecular formula is C26H23F3N2O2. The first-order valence-electron chi connectivity index (χ1n) is 10.6. The third-order valence-corrected chi connectivity index (χ3v) is 6.32. The first kappa shape index (κ1) is 21.4. The van der Waals surface area contributed by atoms with Crippen LogP contribution in [-0.4, -0.2) is 25.7 Å². The number of methoxy groups -OCH3 is 2. The van der Waals surface area contributed by atoms with Crippen LogP contribution in [0.25, 0.3) is 10.9 Å². The summed E-state index contributed by atoms with van der Waals surface area (Å²) in [6, 6.07) is 19.0. The van der Waals surface area contributed by atoms with Gasteiger partial charge in [0.15, 0.2) is 11.5 Å². The summed E-state index contributed by atoms with van der Waals surface area (Å²) in [7, 11) is 3.23. The van der Waals surface area contributed by atoms with Crippen molar-refractivity contribution in [3.63, 3.8) is 0 Å². The molecule has 33 heavy (non-hydrogen) atoms. The van der Waals surface area contributed by atoms with Gasteiger partial charge < -0.3 is 19.8 Å². The monoisotopic (exact) mass is 452 g/mol. The largest absolute Gasteiger partial charge is 0.493 e. The molecule has 3 aromatic carbocycles. The first-order chi connectivity index (χ1) is 15.9. The predicted molar refractivity (Wildman–Crippen MR) is 121 cm³/mol. The molecule has 5 rings (SSSR count). The second-order valence-electron chi connectivity index (χ2n) is 8.09. The highest BCUT2D eigenvalue weighted by molar-refractivity contribution is 5.87. The molecule has 2 unspecified atom stereocenters. The highest BCUT2D eigenvalue weighted by Crippen LogP contribution is 2.46. The van der Waals surface area contributed by atoms with E-state index in [1.807, 2.05) is 36.4 Å². The number of aromatic amines is 1. The Morgan fingerprint density at radius 3 is 2.33 bits per heavy atom. The molecule has 0 radical (unpaired) electrons. The van der Waals surface area contributed by atoms with Gasteiger partial charge in [0.25, 0.3) is 0 Å². The fourth-order valence-electron chi connectivity index (χ4n) is 4.83. The molecule has 0 amide bonds. The van der Waals surface area contributed by atoms with Crippen LogP contribution in [0, 0.1) is 0 Å². The number of hydrogen-bond donors (Lipinski definition) is 2. The van der Waals surface area contributed by atoms with Crippen LogP contribution in [0.4, 0.5) is 13.2 Å². The van der Waals surface area contributed by atoms with E-state index in [0.29, 0.717) is 18.0 Å². The Balaban J connectivity index is 1.65. The second-order valence-corrected chi connectivity index (χ2v) is 8.09. The summed E-state index contributed by atoms with van der Waals surface area (Å²) in [5.74, 6) is 1.30. The zero-order chi connectivity index (χ0) is 23.2. The molecule has 0 aliphatic carbocycles. The highest BCUT2D eigenvalue weighted by Gasteiger charge is 2.35. The van der Waals surface area contributed by atoms with E-state index < -0.39 is 11.7 Å². The number of para-hydroxylation sites is 2. The minimum atomic E-state index is -4.36. The van der Waals surface area contributed by atoms with Crippen molar-refractivity contribution in [3.8, 4) is 11.5 Å². The number of hydrogen-bond acceptors (Lipinski definition) is 3. The van der Waals surface area contributed by atoms with Crippen molar-refractivity contribution in [3.05, 3.63) is 94.7 Å². The molecule has 0 saturated heterocycles. The molecule has 1 aromatic heterocycles. The number of nitrogens with one attached hydrogen (secondary N) is 2. The summed E-state index contributed by atoms with van der Waals surface area (Å²) in [5.41, 5.74) is 4.14. The maximum Gasteiger partial charge on any atom is 0.416 e. The number of halogens is 3. The first-order valence-corrected chi connectivity index (χ1v) is 10.6. The summed E-state index contributed by atoms with van der Waals surface area (Å²) in [6.45, 7) is 0.587. The van der Waals surface area contributed by atoms with Gasteiger partial charge in [0.2, 0.25) is 0 Å². The van der Waals surface area contributed by atoms with Gasteiger partial charge in [-0.15, -0.1) is 0 Å². The minimum absolute atomic E-state index is 0.0353. The van der Waals surface area contributed by atoms with Crippen molar-refractivity contribution in [1.82, 2.24) is 10.3 Å². The SMILES string of the molecule is COc1cccc(C2CNC(c3ccc(C(F)(F)F)cc3)c3[nH]c4ccccc4c32)c1OC. The Morgan fingerprint density at radius 2 is 1.64 bits per heavy atom. The van der Waals surface area contributed by atoms with Gasteiger partial charge in [-0.25, -0.2) is 0 Å². The topological polar surface area (TPSA) is 46.3 Å². The Kier molecular flexibility index (Phi) is 5.29. The van der Waals surface area contributed by atoms with Crippen molar-refractivity contribution < 1.29 is 22.6 Å². The van der Waals surface area contributed by atoms with Crippen molar-refractivity contribution in [1.29, 1.82) is 0 Å². The van der Waals surface area contributed by atoms with Gasteiger partial charge in [0.1, 0.15) is 0 Å². The molecule has 170 valence electrons. The number of aromatic nitrogens is 1. The van der Waals surface area contributed by atoms with E-state index in [1.165, 1.54) is 0 Å². The Hall–Kier alpha value is -3.45. The van der Waals surface area contributed by atoms with Crippen molar-refractivity contribution in [2.45, 2.75) is 18.1 Å². The molecule has 7 heteroatoms. The zero-order valence-corrected chi connectivity index (χ0v) is 18.2. The van der Waals surface area contributed by atoms with Crippen LogP contribution < -0.4 is 14.8 Å². The van der Waals surface area contributed by atoms with E-state index in [-0.39, 0.29) is 12.0 Å². The number of fused-ring (bicyclic) bond motifs is 3. The van der Waals surface area contributed by atoms with E-state index in [2.05, 4.69) is 16.4 Å². The van der Waals surface area contributed by atoms with Crippen molar-refractivity contribution >= 4 is 10.9 Å². The van der Waals surface area contributed by atoms with E-state index in [0.717, 1.165) is 45.4 Å². The summed E-state index contributed by atoms with van der Waals surface area (Å²) in [6.07, 6.45) is -4.36. The fourth-order valence-corrected chi connectivity index (χ4v) is 4.83. The summed E-state index contributed by atoms with van der Waals surface area (Å²) < 4.78 is 50.4. The number of H-pyrrole nitrogens is 1. The fraction of sp³-hybridized carbons (Fsp3) is 0.231. The van der Waals surface area contributed by atoms with E-state index in [9.17, 15) is 13.2 Å². The Labute approximate surface area is 189 Å². The number of alkyl halides is 3. The lowest BCUT2D eigenvalue weighted by Crippen LogP contribution is -2.34. The molecular weight excluding hydrogens is 429 g/mol. The van der Waals surface area contributed by atoms with Gasteiger partial charge in [-0.05, 0) is 35.4 Å². The maximum absolute atomic E-state index is 13.1. The van der Waals surface area contributed by atoms with Gasteiger partial charge in [-0.2, -0.15) is 13.2 Å².